The van der Waals surface area contributed by atoms with Crippen molar-refractivity contribution < 1.29 is 0 Å². The van der Waals surface area contributed by atoms with Crippen molar-refractivity contribution in [1.29, 1.82) is 0 Å². The van der Waals surface area contributed by atoms with Crippen LogP contribution in [-0.2, 0) is 0 Å². The topological polar surface area (TPSA) is 12.9 Å². The minimum atomic E-state index is 0.357. The molecule has 1 aliphatic carbocycles. The van der Waals surface area contributed by atoms with Gasteiger partial charge in [0.1, 0.15) is 0 Å². The molecule has 0 radical (unpaired) electrons. The van der Waals surface area contributed by atoms with Gasteiger partial charge in [-0.2, -0.15) is 0 Å². The SMILES string of the molecule is Cc1ccncc1C1C(CCl)C1(C)C. The van der Waals surface area contributed by atoms with Crippen molar-refractivity contribution in [3.8, 4) is 0 Å². The maximum atomic E-state index is 5.96. The van der Waals surface area contributed by atoms with Gasteiger partial charge >= 0.3 is 0 Å². The first-order valence-corrected chi connectivity index (χ1v) is 5.59. The van der Waals surface area contributed by atoms with E-state index in [-0.39, 0.29) is 0 Å². The Labute approximate surface area is 90.5 Å². The van der Waals surface area contributed by atoms with Crippen LogP contribution in [0.5, 0.6) is 0 Å². The van der Waals surface area contributed by atoms with Crippen LogP contribution in [0.4, 0.5) is 0 Å². The van der Waals surface area contributed by atoms with Gasteiger partial charge in [0.15, 0.2) is 0 Å². The van der Waals surface area contributed by atoms with E-state index in [1.165, 1.54) is 11.1 Å². The normalized spacial score (nSPS) is 28.9. The Bertz CT molecular complexity index is 346. The van der Waals surface area contributed by atoms with E-state index < -0.39 is 0 Å². The predicted octanol–water partition coefficient (Wildman–Crippen LogP) is 3.37. The van der Waals surface area contributed by atoms with Gasteiger partial charge in [0.2, 0.25) is 0 Å². The number of hydrogen-bond acceptors (Lipinski definition) is 1. The lowest BCUT2D eigenvalue weighted by Crippen LogP contribution is -1.93. The highest BCUT2D eigenvalue weighted by molar-refractivity contribution is 6.18. The summed E-state index contributed by atoms with van der Waals surface area (Å²) in [5, 5.41) is 0. The lowest BCUT2D eigenvalue weighted by atomic mass is 10.0. The van der Waals surface area contributed by atoms with Gasteiger partial charge in [-0.3, -0.25) is 4.98 Å². The first-order chi connectivity index (χ1) is 6.59. The molecule has 14 heavy (non-hydrogen) atoms. The minimum Gasteiger partial charge on any atom is -0.264 e. The molecule has 0 aliphatic heterocycles. The molecule has 2 unspecified atom stereocenters. The minimum absolute atomic E-state index is 0.357. The number of halogens is 1. The van der Waals surface area contributed by atoms with E-state index in [9.17, 15) is 0 Å². The summed E-state index contributed by atoms with van der Waals surface area (Å²) in [5.74, 6) is 1.98. The Morgan fingerprint density at radius 1 is 1.50 bits per heavy atom. The molecule has 1 saturated carbocycles. The highest BCUT2D eigenvalue weighted by atomic mass is 35.5. The molecule has 2 atom stereocenters. The molecule has 1 nitrogen and oxygen atoms in total. The monoisotopic (exact) mass is 209 g/mol. The molecule has 2 heteroatoms. The van der Waals surface area contributed by atoms with Crippen molar-refractivity contribution in [2.45, 2.75) is 26.7 Å². The fourth-order valence-electron chi connectivity index (χ4n) is 2.45. The van der Waals surface area contributed by atoms with E-state index in [1.54, 1.807) is 0 Å². The number of aryl methyl sites for hydroxylation is 1. The largest absolute Gasteiger partial charge is 0.264 e. The van der Waals surface area contributed by atoms with Gasteiger partial charge in [0.25, 0.3) is 0 Å². The summed E-state index contributed by atoms with van der Waals surface area (Å²) in [4.78, 5) is 4.20. The average Bonchev–Trinajstić information content (AvgIpc) is 2.69. The molecule has 1 aromatic heterocycles. The molecule has 0 aromatic carbocycles. The number of aromatic nitrogens is 1. The summed E-state index contributed by atoms with van der Waals surface area (Å²) in [5.41, 5.74) is 3.07. The molecule has 1 aliphatic rings. The molecule has 0 spiro atoms. The summed E-state index contributed by atoms with van der Waals surface area (Å²) in [7, 11) is 0. The molecule has 0 bridgehead atoms. The van der Waals surface area contributed by atoms with Crippen LogP contribution in [0.25, 0.3) is 0 Å². The van der Waals surface area contributed by atoms with E-state index >= 15 is 0 Å². The van der Waals surface area contributed by atoms with Crippen LogP contribution < -0.4 is 0 Å². The van der Waals surface area contributed by atoms with Gasteiger partial charge < -0.3 is 0 Å². The van der Waals surface area contributed by atoms with E-state index in [0.29, 0.717) is 17.3 Å². The Hall–Kier alpha value is -0.560. The lowest BCUT2D eigenvalue weighted by molar-refractivity contribution is 0.576. The van der Waals surface area contributed by atoms with E-state index in [0.717, 1.165) is 5.88 Å². The molecule has 0 N–H and O–H groups in total. The van der Waals surface area contributed by atoms with Gasteiger partial charge in [-0.25, -0.2) is 0 Å². The highest BCUT2D eigenvalue weighted by Gasteiger charge is 2.57. The Morgan fingerprint density at radius 3 is 2.71 bits per heavy atom. The second kappa shape index (κ2) is 3.23. The molecule has 2 rings (SSSR count). The summed E-state index contributed by atoms with van der Waals surface area (Å²) in [6, 6.07) is 2.08. The van der Waals surface area contributed by atoms with Crippen molar-refractivity contribution in [1.82, 2.24) is 4.98 Å². The van der Waals surface area contributed by atoms with Crippen LogP contribution in [0, 0.1) is 18.3 Å². The number of hydrogen-bond donors (Lipinski definition) is 0. The second-order valence-electron chi connectivity index (χ2n) is 4.79. The van der Waals surface area contributed by atoms with E-state index in [1.807, 2.05) is 12.4 Å². The third-order valence-corrected chi connectivity index (χ3v) is 3.96. The number of alkyl halides is 1. The van der Waals surface area contributed by atoms with Crippen LogP contribution in [0.1, 0.15) is 30.9 Å². The Kier molecular flexibility index (Phi) is 2.30. The van der Waals surface area contributed by atoms with Gasteiger partial charge in [-0.1, -0.05) is 13.8 Å². The van der Waals surface area contributed by atoms with Gasteiger partial charge in [0, 0.05) is 18.3 Å². The van der Waals surface area contributed by atoms with Gasteiger partial charge in [-0.05, 0) is 41.4 Å². The van der Waals surface area contributed by atoms with Crippen molar-refractivity contribution in [2.75, 3.05) is 5.88 Å². The molecule has 1 fully saturated rings. The number of nitrogens with zero attached hydrogens (tertiary/aromatic N) is 1. The van der Waals surface area contributed by atoms with E-state index in [4.69, 9.17) is 11.6 Å². The van der Waals surface area contributed by atoms with Crippen LogP contribution in [0.15, 0.2) is 18.5 Å². The van der Waals surface area contributed by atoms with Crippen LogP contribution in [-0.4, -0.2) is 10.9 Å². The average molecular weight is 210 g/mol. The summed E-state index contributed by atoms with van der Waals surface area (Å²) < 4.78 is 0. The summed E-state index contributed by atoms with van der Waals surface area (Å²) >= 11 is 5.96. The first kappa shape index (κ1) is 9.97. The highest BCUT2D eigenvalue weighted by Crippen LogP contribution is 2.64. The number of rotatable bonds is 2. The third-order valence-electron chi connectivity index (χ3n) is 3.63. The van der Waals surface area contributed by atoms with Crippen molar-refractivity contribution in [2.24, 2.45) is 11.3 Å². The zero-order valence-electron chi connectivity index (χ0n) is 8.92. The predicted molar refractivity (Wildman–Crippen MR) is 59.7 cm³/mol. The molecule has 1 aromatic rings. The maximum absolute atomic E-state index is 5.96. The van der Waals surface area contributed by atoms with Crippen LogP contribution >= 0.6 is 11.6 Å². The smallest absolute Gasteiger partial charge is 0.0305 e. The quantitative estimate of drug-likeness (QED) is 0.681. The maximum Gasteiger partial charge on any atom is 0.0305 e. The second-order valence-corrected chi connectivity index (χ2v) is 5.10. The first-order valence-electron chi connectivity index (χ1n) is 5.05. The summed E-state index contributed by atoms with van der Waals surface area (Å²) in [6.07, 6.45) is 3.85. The van der Waals surface area contributed by atoms with Crippen molar-refractivity contribution in [3.63, 3.8) is 0 Å². The zero-order valence-corrected chi connectivity index (χ0v) is 9.67. The molecule has 1 heterocycles. The molecule has 0 amide bonds. The molecule has 0 saturated heterocycles. The Balaban J connectivity index is 2.31. The Morgan fingerprint density at radius 2 is 2.21 bits per heavy atom. The molecular weight excluding hydrogens is 194 g/mol. The molecule has 76 valence electrons. The molecular formula is C12H16ClN. The number of pyridine rings is 1. The van der Waals surface area contributed by atoms with E-state index in [2.05, 4.69) is 31.8 Å². The van der Waals surface area contributed by atoms with Gasteiger partial charge in [0.05, 0.1) is 0 Å². The van der Waals surface area contributed by atoms with Crippen LogP contribution in [0.3, 0.4) is 0 Å². The standard InChI is InChI=1S/C12H16ClN/c1-8-4-5-14-7-9(8)11-10(6-13)12(11,2)3/h4-5,7,10-11H,6H2,1-3H3. The lowest BCUT2D eigenvalue weighted by Gasteiger charge is -2.05. The third kappa shape index (κ3) is 1.35. The van der Waals surface area contributed by atoms with Crippen LogP contribution in [0.2, 0.25) is 0 Å². The zero-order chi connectivity index (χ0) is 10.3. The van der Waals surface area contributed by atoms with Gasteiger partial charge in [-0.15, -0.1) is 11.6 Å². The van der Waals surface area contributed by atoms with Crippen molar-refractivity contribution in [3.05, 3.63) is 29.6 Å². The summed E-state index contributed by atoms with van der Waals surface area (Å²) in [6.45, 7) is 6.73. The fraction of sp³-hybridized carbons (Fsp3) is 0.583. The fourth-order valence-corrected chi connectivity index (χ4v) is 3.03. The van der Waals surface area contributed by atoms with Crippen molar-refractivity contribution >= 4 is 11.6 Å².